The van der Waals surface area contributed by atoms with Crippen molar-refractivity contribution in [1.82, 2.24) is 25.0 Å². The van der Waals surface area contributed by atoms with Crippen LogP contribution in [0.15, 0.2) is 34.1 Å². The molecule has 2 aromatic rings. The van der Waals surface area contributed by atoms with E-state index in [1.807, 2.05) is 28.8 Å². The Labute approximate surface area is 159 Å². The lowest BCUT2D eigenvalue weighted by Crippen LogP contribution is -2.38. The molecule has 1 aliphatic rings. The Morgan fingerprint density at radius 3 is 2.93 bits per heavy atom. The molecule has 0 atom stereocenters. The van der Waals surface area contributed by atoms with Gasteiger partial charge >= 0.3 is 5.69 Å². The average Bonchev–Trinajstić information content (AvgIpc) is 3.03. The minimum Gasteiger partial charge on any atom is -0.496 e. The van der Waals surface area contributed by atoms with Crippen LogP contribution in [0.2, 0.25) is 0 Å². The summed E-state index contributed by atoms with van der Waals surface area (Å²) in [5.41, 5.74) is 1.08. The second-order valence-corrected chi connectivity index (χ2v) is 6.55. The number of methoxy groups -OCH3 is 1. The Bertz CT molecular complexity index is 839. The Hall–Kier alpha value is -2.77. The van der Waals surface area contributed by atoms with Crippen molar-refractivity contribution in [2.24, 2.45) is 4.99 Å². The first kappa shape index (κ1) is 19.0. The van der Waals surface area contributed by atoms with Gasteiger partial charge in [-0.3, -0.25) is 9.56 Å². The van der Waals surface area contributed by atoms with Crippen LogP contribution in [0.4, 0.5) is 0 Å². The number of hydrogen-bond acceptors (Lipinski definition) is 4. The van der Waals surface area contributed by atoms with Gasteiger partial charge in [-0.05, 0) is 25.3 Å². The van der Waals surface area contributed by atoms with Crippen molar-refractivity contribution in [3.63, 3.8) is 0 Å². The van der Waals surface area contributed by atoms with Crippen molar-refractivity contribution < 1.29 is 4.74 Å². The number of hydrogen-bond donors (Lipinski definition) is 2. The third-order valence-electron chi connectivity index (χ3n) is 4.73. The highest BCUT2D eigenvalue weighted by molar-refractivity contribution is 5.79. The van der Waals surface area contributed by atoms with Crippen LogP contribution in [0.1, 0.15) is 30.7 Å². The number of ether oxygens (including phenoxy) is 1. The van der Waals surface area contributed by atoms with E-state index in [1.165, 1.54) is 0 Å². The summed E-state index contributed by atoms with van der Waals surface area (Å²) in [5, 5.41) is 11.0. The van der Waals surface area contributed by atoms with Crippen molar-refractivity contribution in [3.8, 4) is 5.75 Å². The zero-order valence-corrected chi connectivity index (χ0v) is 16.1. The highest BCUT2D eigenvalue weighted by Gasteiger charge is 2.16. The number of aryl methyl sites for hydroxylation is 2. The van der Waals surface area contributed by atoms with E-state index < -0.39 is 0 Å². The van der Waals surface area contributed by atoms with Gasteiger partial charge in [-0.1, -0.05) is 18.2 Å². The molecule has 0 spiro atoms. The number of fused-ring (bicyclic) bond motifs is 1. The summed E-state index contributed by atoms with van der Waals surface area (Å²) in [4.78, 5) is 16.6. The van der Waals surface area contributed by atoms with Crippen LogP contribution in [-0.4, -0.2) is 41.0 Å². The molecular formula is C19H28N6O2. The fourth-order valence-electron chi connectivity index (χ4n) is 3.28. The first-order valence-electron chi connectivity index (χ1n) is 9.46. The van der Waals surface area contributed by atoms with Gasteiger partial charge in [0, 0.05) is 45.2 Å². The van der Waals surface area contributed by atoms with E-state index in [-0.39, 0.29) is 5.69 Å². The lowest BCUT2D eigenvalue weighted by Gasteiger charge is -2.13. The van der Waals surface area contributed by atoms with Gasteiger partial charge in [0.15, 0.2) is 5.96 Å². The standard InChI is InChI=1S/C19H28N6O2/c1-20-18(22-14-15-8-3-4-9-16(15)27-2)21-11-7-13-25-19(26)24-12-6-5-10-17(24)23-25/h3-4,8-9H,5-7,10-14H2,1-2H3,(H2,20,21,22). The molecule has 8 nitrogen and oxygen atoms in total. The van der Waals surface area contributed by atoms with E-state index in [9.17, 15) is 4.79 Å². The maximum absolute atomic E-state index is 12.3. The summed E-state index contributed by atoms with van der Waals surface area (Å²) < 4.78 is 8.76. The van der Waals surface area contributed by atoms with Crippen LogP contribution in [-0.2, 0) is 26.1 Å². The summed E-state index contributed by atoms with van der Waals surface area (Å²) in [6.45, 7) is 2.73. The molecule has 3 rings (SSSR count). The van der Waals surface area contributed by atoms with E-state index in [0.717, 1.165) is 55.3 Å². The van der Waals surface area contributed by atoms with Crippen molar-refractivity contribution in [2.75, 3.05) is 20.7 Å². The summed E-state index contributed by atoms with van der Waals surface area (Å²) in [6, 6.07) is 7.89. The summed E-state index contributed by atoms with van der Waals surface area (Å²) in [5.74, 6) is 2.49. The second kappa shape index (κ2) is 9.25. The molecule has 1 aromatic carbocycles. The number of guanidine groups is 1. The monoisotopic (exact) mass is 372 g/mol. The molecule has 0 bridgehead atoms. The van der Waals surface area contributed by atoms with Gasteiger partial charge in [-0.2, -0.15) is 5.10 Å². The van der Waals surface area contributed by atoms with Crippen molar-refractivity contribution in [1.29, 1.82) is 0 Å². The molecule has 2 N–H and O–H groups in total. The third-order valence-corrected chi connectivity index (χ3v) is 4.73. The molecule has 1 aromatic heterocycles. The highest BCUT2D eigenvalue weighted by Crippen LogP contribution is 2.16. The van der Waals surface area contributed by atoms with Gasteiger partial charge in [0.2, 0.25) is 0 Å². The highest BCUT2D eigenvalue weighted by atomic mass is 16.5. The fraction of sp³-hybridized carbons (Fsp3) is 0.526. The van der Waals surface area contributed by atoms with Gasteiger partial charge in [-0.15, -0.1) is 0 Å². The maximum Gasteiger partial charge on any atom is 0.345 e. The lowest BCUT2D eigenvalue weighted by atomic mass is 10.2. The minimum absolute atomic E-state index is 0.0170. The Kier molecular flexibility index (Phi) is 6.51. The average molecular weight is 372 g/mol. The maximum atomic E-state index is 12.3. The van der Waals surface area contributed by atoms with Crippen LogP contribution >= 0.6 is 0 Å². The third kappa shape index (κ3) is 4.69. The van der Waals surface area contributed by atoms with Crippen LogP contribution in [0.25, 0.3) is 0 Å². The Morgan fingerprint density at radius 1 is 1.30 bits per heavy atom. The molecule has 0 fully saturated rings. The predicted octanol–water partition coefficient (Wildman–Crippen LogP) is 1.14. The second-order valence-electron chi connectivity index (χ2n) is 6.55. The van der Waals surface area contributed by atoms with E-state index in [4.69, 9.17) is 4.74 Å². The normalized spacial score (nSPS) is 13.9. The topological polar surface area (TPSA) is 85.5 Å². The molecule has 2 heterocycles. The number of aliphatic imine (C=N–C) groups is 1. The smallest absolute Gasteiger partial charge is 0.345 e. The number of benzene rings is 1. The summed E-state index contributed by atoms with van der Waals surface area (Å²) in [6.07, 6.45) is 3.88. The first-order chi connectivity index (χ1) is 13.2. The molecule has 8 heteroatoms. The van der Waals surface area contributed by atoms with E-state index in [1.54, 1.807) is 18.8 Å². The van der Waals surface area contributed by atoms with Crippen LogP contribution in [0, 0.1) is 0 Å². The van der Waals surface area contributed by atoms with Gasteiger partial charge < -0.3 is 15.4 Å². The fourth-order valence-corrected chi connectivity index (χ4v) is 3.28. The number of nitrogens with zero attached hydrogens (tertiary/aromatic N) is 4. The Morgan fingerprint density at radius 2 is 2.15 bits per heavy atom. The number of rotatable bonds is 7. The largest absolute Gasteiger partial charge is 0.496 e. The quantitative estimate of drug-likeness (QED) is 0.433. The number of para-hydroxylation sites is 1. The SMILES string of the molecule is CN=C(NCCCn1nc2n(c1=O)CCCC2)NCc1ccccc1OC. The zero-order valence-electron chi connectivity index (χ0n) is 16.1. The van der Waals surface area contributed by atoms with Crippen molar-refractivity contribution in [3.05, 3.63) is 46.1 Å². The molecule has 0 unspecified atom stereocenters. The molecule has 146 valence electrons. The lowest BCUT2D eigenvalue weighted by molar-refractivity contribution is 0.409. The van der Waals surface area contributed by atoms with Crippen LogP contribution < -0.4 is 21.1 Å². The molecule has 0 radical (unpaired) electrons. The van der Waals surface area contributed by atoms with Gasteiger partial charge in [-0.25, -0.2) is 9.48 Å². The summed E-state index contributed by atoms with van der Waals surface area (Å²) >= 11 is 0. The van der Waals surface area contributed by atoms with Gasteiger partial charge in [0.05, 0.1) is 7.11 Å². The number of aromatic nitrogens is 3. The zero-order chi connectivity index (χ0) is 19.1. The van der Waals surface area contributed by atoms with E-state index in [0.29, 0.717) is 19.6 Å². The Balaban J connectivity index is 1.45. The molecule has 0 amide bonds. The van der Waals surface area contributed by atoms with Crippen molar-refractivity contribution in [2.45, 2.75) is 45.3 Å². The molecule has 0 aliphatic carbocycles. The first-order valence-corrected chi connectivity index (χ1v) is 9.46. The van der Waals surface area contributed by atoms with Crippen molar-refractivity contribution >= 4 is 5.96 Å². The predicted molar refractivity (Wildman–Crippen MR) is 105 cm³/mol. The van der Waals surface area contributed by atoms with E-state index in [2.05, 4.69) is 20.7 Å². The molecule has 27 heavy (non-hydrogen) atoms. The van der Waals surface area contributed by atoms with Crippen LogP contribution in [0.5, 0.6) is 5.75 Å². The molecular weight excluding hydrogens is 344 g/mol. The van der Waals surface area contributed by atoms with Crippen LogP contribution in [0.3, 0.4) is 0 Å². The molecule has 0 saturated heterocycles. The van der Waals surface area contributed by atoms with Gasteiger partial charge in [0.1, 0.15) is 11.6 Å². The summed E-state index contributed by atoms with van der Waals surface area (Å²) in [7, 11) is 3.41. The molecule has 0 saturated carbocycles. The number of nitrogens with one attached hydrogen (secondary N) is 2. The molecule has 1 aliphatic heterocycles. The van der Waals surface area contributed by atoms with E-state index >= 15 is 0 Å². The minimum atomic E-state index is 0.0170. The van der Waals surface area contributed by atoms with Gasteiger partial charge in [0.25, 0.3) is 0 Å².